The molecule has 1 atom stereocenters. The lowest BCUT2D eigenvalue weighted by Gasteiger charge is -2.29. The highest BCUT2D eigenvalue weighted by molar-refractivity contribution is 7.92. The van der Waals surface area contributed by atoms with Crippen molar-refractivity contribution in [1.29, 1.82) is 0 Å². The van der Waals surface area contributed by atoms with Gasteiger partial charge in [0.05, 0.1) is 19.1 Å². The Morgan fingerprint density at radius 1 is 1.07 bits per heavy atom. The predicted molar refractivity (Wildman–Crippen MR) is 109 cm³/mol. The minimum atomic E-state index is -3.73. The van der Waals surface area contributed by atoms with Crippen LogP contribution in [0.25, 0.3) is 0 Å². The molecule has 1 N–H and O–H groups in total. The molecule has 2 aromatic carbocycles. The van der Waals surface area contributed by atoms with Crippen LogP contribution in [-0.2, 0) is 14.8 Å². The monoisotopic (exact) mass is 390 g/mol. The number of hydrogen-bond acceptors (Lipinski definition) is 4. The van der Waals surface area contributed by atoms with Gasteiger partial charge in [0.25, 0.3) is 0 Å². The van der Waals surface area contributed by atoms with Gasteiger partial charge in [-0.3, -0.25) is 9.10 Å². The van der Waals surface area contributed by atoms with E-state index in [1.54, 1.807) is 25.1 Å². The second-order valence-corrected chi connectivity index (χ2v) is 8.56. The Bertz CT molecular complexity index is 954. The van der Waals surface area contributed by atoms with Crippen LogP contribution in [0.1, 0.15) is 23.6 Å². The molecule has 0 saturated heterocycles. The van der Waals surface area contributed by atoms with Crippen LogP contribution in [0.4, 0.5) is 11.4 Å². The van der Waals surface area contributed by atoms with E-state index in [-0.39, 0.29) is 0 Å². The molecule has 27 heavy (non-hydrogen) atoms. The van der Waals surface area contributed by atoms with E-state index >= 15 is 0 Å². The van der Waals surface area contributed by atoms with Crippen LogP contribution < -0.4 is 14.4 Å². The number of anilines is 2. The Labute approximate surface area is 161 Å². The second kappa shape index (κ2) is 8.00. The van der Waals surface area contributed by atoms with E-state index in [1.807, 2.05) is 39.0 Å². The highest BCUT2D eigenvalue weighted by Crippen LogP contribution is 2.32. The number of nitrogens with zero attached hydrogens (tertiary/aromatic N) is 1. The molecule has 0 aliphatic heterocycles. The van der Waals surface area contributed by atoms with Crippen LogP contribution in [0.3, 0.4) is 0 Å². The molecule has 2 aromatic rings. The van der Waals surface area contributed by atoms with Gasteiger partial charge in [-0.05, 0) is 68.7 Å². The van der Waals surface area contributed by atoms with E-state index in [2.05, 4.69) is 5.32 Å². The van der Waals surface area contributed by atoms with E-state index in [0.717, 1.165) is 27.3 Å². The molecule has 0 fully saturated rings. The highest BCUT2D eigenvalue weighted by atomic mass is 32.2. The van der Waals surface area contributed by atoms with Crippen molar-refractivity contribution < 1.29 is 17.9 Å². The van der Waals surface area contributed by atoms with Crippen LogP contribution in [0.15, 0.2) is 36.4 Å². The highest BCUT2D eigenvalue weighted by Gasteiger charge is 2.31. The minimum Gasteiger partial charge on any atom is -0.495 e. The molecule has 0 bridgehead atoms. The number of methoxy groups -OCH3 is 1. The summed E-state index contributed by atoms with van der Waals surface area (Å²) in [6.45, 7) is 7.34. The Morgan fingerprint density at radius 2 is 1.74 bits per heavy atom. The van der Waals surface area contributed by atoms with Crippen molar-refractivity contribution in [2.24, 2.45) is 0 Å². The van der Waals surface area contributed by atoms with Gasteiger partial charge >= 0.3 is 0 Å². The summed E-state index contributed by atoms with van der Waals surface area (Å²) in [4.78, 5) is 12.8. The molecular weight excluding hydrogens is 364 g/mol. The summed E-state index contributed by atoms with van der Waals surface area (Å²) in [6, 6.07) is 9.81. The van der Waals surface area contributed by atoms with E-state index in [0.29, 0.717) is 17.1 Å². The fourth-order valence-electron chi connectivity index (χ4n) is 2.82. The van der Waals surface area contributed by atoms with Crippen LogP contribution in [-0.4, -0.2) is 33.7 Å². The van der Waals surface area contributed by atoms with E-state index < -0.39 is 22.0 Å². The summed E-state index contributed by atoms with van der Waals surface area (Å²) < 4.78 is 31.4. The topological polar surface area (TPSA) is 75.7 Å². The zero-order valence-electron chi connectivity index (χ0n) is 16.5. The third kappa shape index (κ3) is 4.80. The van der Waals surface area contributed by atoms with Gasteiger partial charge in [0.15, 0.2) is 0 Å². The number of carbonyl (C=O) groups is 1. The molecule has 2 rings (SSSR count). The zero-order valence-corrected chi connectivity index (χ0v) is 17.3. The predicted octanol–water partition coefficient (Wildman–Crippen LogP) is 3.41. The van der Waals surface area contributed by atoms with Crippen LogP contribution in [0, 0.1) is 20.8 Å². The van der Waals surface area contributed by atoms with Crippen LogP contribution >= 0.6 is 0 Å². The summed E-state index contributed by atoms with van der Waals surface area (Å²) in [5.74, 6) is -0.0379. The molecule has 0 spiro atoms. The van der Waals surface area contributed by atoms with Gasteiger partial charge in [0.2, 0.25) is 15.9 Å². The molecule has 146 valence electrons. The molecule has 0 radical (unpaired) electrons. The van der Waals surface area contributed by atoms with Gasteiger partial charge in [-0.2, -0.15) is 0 Å². The molecule has 6 nitrogen and oxygen atoms in total. The first kappa shape index (κ1) is 20.8. The lowest BCUT2D eigenvalue weighted by Crippen LogP contribution is -2.45. The van der Waals surface area contributed by atoms with Gasteiger partial charge < -0.3 is 10.1 Å². The van der Waals surface area contributed by atoms with Crippen molar-refractivity contribution in [3.05, 3.63) is 53.1 Å². The average Bonchev–Trinajstić information content (AvgIpc) is 2.57. The normalized spacial score (nSPS) is 12.4. The number of aryl methyl sites for hydroxylation is 3. The van der Waals surface area contributed by atoms with E-state index in [4.69, 9.17) is 4.74 Å². The van der Waals surface area contributed by atoms with E-state index in [9.17, 15) is 13.2 Å². The molecule has 0 aliphatic carbocycles. The standard InChI is InChI=1S/C20H26N2O4S/c1-13-7-10-19(26-5)18(11-13)22(27(6,24)25)16(4)20(23)21-17-9-8-14(2)15(3)12-17/h7-12,16H,1-6H3,(H,21,23)/t16-/m0/s1. The first-order chi connectivity index (χ1) is 12.5. The summed E-state index contributed by atoms with van der Waals surface area (Å²) in [7, 11) is -2.26. The summed E-state index contributed by atoms with van der Waals surface area (Å²) in [5, 5.41) is 2.80. The molecule has 0 heterocycles. The number of benzene rings is 2. The SMILES string of the molecule is COc1ccc(C)cc1N([C@@H](C)C(=O)Nc1ccc(C)c(C)c1)S(C)(=O)=O. The van der Waals surface area contributed by atoms with Crippen molar-refractivity contribution in [2.75, 3.05) is 23.0 Å². The quantitative estimate of drug-likeness (QED) is 0.820. The van der Waals surface area contributed by atoms with Crippen molar-refractivity contribution in [1.82, 2.24) is 0 Å². The van der Waals surface area contributed by atoms with Gasteiger partial charge in [-0.25, -0.2) is 8.42 Å². The maximum absolute atomic E-state index is 12.8. The van der Waals surface area contributed by atoms with Crippen LogP contribution in [0.5, 0.6) is 5.75 Å². The largest absolute Gasteiger partial charge is 0.495 e. The number of rotatable bonds is 6. The maximum atomic E-state index is 12.8. The maximum Gasteiger partial charge on any atom is 0.247 e. The van der Waals surface area contributed by atoms with Gasteiger partial charge in [0, 0.05) is 5.69 Å². The molecular formula is C20H26N2O4S. The average molecular weight is 391 g/mol. The number of amides is 1. The van der Waals surface area contributed by atoms with Crippen molar-refractivity contribution >= 4 is 27.3 Å². The lowest BCUT2D eigenvalue weighted by atomic mass is 10.1. The molecule has 0 unspecified atom stereocenters. The zero-order chi connectivity index (χ0) is 20.4. The number of hydrogen-bond donors (Lipinski definition) is 1. The van der Waals surface area contributed by atoms with Gasteiger partial charge in [-0.15, -0.1) is 0 Å². The first-order valence-corrected chi connectivity index (χ1v) is 10.4. The molecule has 7 heteroatoms. The van der Waals surface area contributed by atoms with E-state index in [1.165, 1.54) is 7.11 Å². The fraction of sp³-hybridized carbons (Fsp3) is 0.350. The van der Waals surface area contributed by atoms with Gasteiger partial charge in [-0.1, -0.05) is 12.1 Å². The Kier molecular flexibility index (Phi) is 6.15. The number of ether oxygens (including phenoxy) is 1. The Balaban J connectivity index is 2.41. The fourth-order valence-corrected chi connectivity index (χ4v) is 3.99. The second-order valence-electron chi connectivity index (χ2n) is 6.70. The third-order valence-corrected chi connectivity index (χ3v) is 5.66. The van der Waals surface area contributed by atoms with Crippen LogP contribution in [0.2, 0.25) is 0 Å². The molecule has 0 aromatic heterocycles. The third-order valence-electron chi connectivity index (χ3n) is 4.43. The van der Waals surface area contributed by atoms with Crippen molar-refractivity contribution in [3.63, 3.8) is 0 Å². The number of carbonyl (C=O) groups excluding carboxylic acids is 1. The summed E-state index contributed by atoms with van der Waals surface area (Å²) >= 11 is 0. The number of sulfonamides is 1. The Hall–Kier alpha value is -2.54. The van der Waals surface area contributed by atoms with Gasteiger partial charge in [0.1, 0.15) is 11.8 Å². The summed E-state index contributed by atoms with van der Waals surface area (Å²) in [5.41, 5.74) is 3.98. The van der Waals surface area contributed by atoms with Crippen molar-refractivity contribution in [2.45, 2.75) is 33.7 Å². The molecule has 0 aliphatic rings. The number of nitrogens with one attached hydrogen (secondary N) is 1. The lowest BCUT2D eigenvalue weighted by molar-refractivity contribution is -0.116. The minimum absolute atomic E-state index is 0.336. The summed E-state index contributed by atoms with van der Waals surface area (Å²) in [6.07, 6.45) is 1.08. The molecule has 0 saturated carbocycles. The van der Waals surface area contributed by atoms with Crippen molar-refractivity contribution in [3.8, 4) is 5.75 Å². The Morgan fingerprint density at radius 3 is 2.30 bits per heavy atom. The smallest absolute Gasteiger partial charge is 0.247 e. The molecule has 1 amide bonds. The first-order valence-electron chi connectivity index (χ1n) is 8.56.